The number of para-hydroxylation sites is 2. The first kappa shape index (κ1) is 23.0. The fourth-order valence-corrected chi connectivity index (χ4v) is 4.39. The van der Waals surface area contributed by atoms with Gasteiger partial charge in [-0.15, -0.1) is 0 Å². The van der Waals surface area contributed by atoms with E-state index in [2.05, 4.69) is 0 Å². The third kappa shape index (κ3) is 4.75. The molecule has 1 amide bonds. The van der Waals surface area contributed by atoms with Crippen LogP contribution in [0.3, 0.4) is 0 Å². The number of rotatable bonds is 8. The molecule has 1 aliphatic rings. The van der Waals surface area contributed by atoms with Crippen molar-refractivity contribution in [2.24, 2.45) is 7.05 Å². The normalized spacial score (nSPS) is 12.9. The van der Waals surface area contributed by atoms with Gasteiger partial charge in [0.05, 0.1) is 29.8 Å². The Morgan fingerprint density at radius 1 is 1.00 bits per heavy atom. The van der Waals surface area contributed by atoms with Crippen LogP contribution in [0.2, 0.25) is 5.02 Å². The van der Waals surface area contributed by atoms with Gasteiger partial charge < -0.3 is 14.4 Å². The van der Waals surface area contributed by atoms with Gasteiger partial charge in [-0.1, -0.05) is 66.2 Å². The molecule has 1 aromatic heterocycles. The lowest BCUT2D eigenvalue weighted by Crippen LogP contribution is -2.33. The molecule has 0 unspecified atom stereocenters. The van der Waals surface area contributed by atoms with Crippen molar-refractivity contribution in [3.63, 3.8) is 0 Å². The standard InChI is InChI=1S/C28H26ClN3O3/c1-31-28(35-25-15-9-8-14-24(25)34-2)22(26(30-31)19-10-4-3-5-11-19)18-32(20-16-17-20)27(33)21-12-6-7-13-23(21)29/h3-15,20H,16-18H2,1-2H3. The predicted molar refractivity (Wildman–Crippen MR) is 136 cm³/mol. The van der Waals surface area contributed by atoms with E-state index in [-0.39, 0.29) is 11.9 Å². The SMILES string of the molecule is COc1ccccc1Oc1c(CN(C(=O)c2ccccc2Cl)C2CC2)c(-c2ccccc2)nn1C. The predicted octanol–water partition coefficient (Wildman–Crippen LogP) is 6.35. The maximum absolute atomic E-state index is 13.6. The van der Waals surface area contributed by atoms with Gasteiger partial charge in [-0.05, 0) is 37.1 Å². The second-order valence-corrected chi connectivity index (χ2v) is 8.93. The van der Waals surface area contributed by atoms with E-state index in [1.165, 1.54) is 0 Å². The molecule has 0 saturated heterocycles. The molecule has 0 spiro atoms. The van der Waals surface area contributed by atoms with Gasteiger partial charge in [-0.3, -0.25) is 4.79 Å². The van der Waals surface area contributed by atoms with Gasteiger partial charge in [0.25, 0.3) is 5.91 Å². The molecule has 0 atom stereocenters. The topological polar surface area (TPSA) is 56.6 Å². The number of hydrogen-bond donors (Lipinski definition) is 0. The number of ether oxygens (including phenoxy) is 2. The van der Waals surface area contributed by atoms with Crippen molar-refractivity contribution in [2.75, 3.05) is 7.11 Å². The summed E-state index contributed by atoms with van der Waals surface area (Å²) in [5.74, 6) is 1.66. The average molecular weight is 488 g/mol. The molecule has 0 N–H and O–H groups in total. The Morgan fingerprint density at radius 3 is 2.34 bits per heavy atom. The summed E-state index contributed by atoms with van der Waals surface area (Å²) in [4.78, 5) is 15.5. The molecule has 7 heteroatoms. The first-order valence-corrected chi connectivity index (χ1v) is 11.9. The maximum Gasteiger partial charge on any atom is 0.255 e. The quantitative estimate of drug-likeness (QED) is 0.291. The lowest BCUT2D eigenvalue weighted by Gasteiger charge is -2.24. The third-order valence-corrected chi connectivity index (χ3v) is 6.42. The van der Waals surface area contributed by atoms with Crippen molar-refractivity contribution in [1.29, 1.82) is 0 Å². The van der Waals surface area contributed by atoms with Crippen LogP contribution in [0.4, 0.5) is 0 Å². The fourth-order valence-electron chi connectivity index (χ4n) is 4.17. The molecule has 1 fully saturated rings. The van der Waals surface area contributed by atoms with Gasteiger partial charge in [0.15, 0.2) is 11.5 Å². The number of aromatic nitrogens is 2. The lowest BCUT2D eigenvalue weighted by atomic mass is 10.1. The van der Waals surface area contributed by atoms with E-state index in [9.17, 15) is 4.79 Å². The summed E-state index contributed by atoms with van der Waals surface area (Å²) in [6.07, 6.45) is 1.92. The van der Waals surface area contributed by atoms with Gasteiger partial charge in [0.2, 0.25) is 5.88 Å². The van der Waals surface area contributed by atoms with E-state index in [1.807, 2.05) is 78.7 Å². The Hall–Kier alpha value is -3.77. The molecular weight excluding hydrogens is 462 g/mol. The lowest BCUT2D eigenvalue weighted by molar-refractivity contribution is 0.0729. The molecule has 1 heterocycles. The Morgan fingerprint density at radius 2 is 1.66 bits per heavy atom. The van der Waals surface area contributed by atoms with Gasteiger partial charge in [-0.25, -0.2) is 4.68 Å². The second kappa shape index (κ2) is 9.84. The average Bonchev–Trinajstić information content (AvgIpc) is 3.68. The zero-order valence-electron chi connectivity index (χ0n) is 19.6. The molecule has 0 radical (unpaired) electrons. The summed E-state index contributed by atoms with van der Waals surface area (Å²) < 4.78 is 13.6. The molecule has 6 nitrogen and oxygen atoms in total. The number of nitrogens with zero attached hydrogens (tertiary/aromatic N) is 3. The van der Waals surface area contributed by atoms with Crippen LogP contribution < -0.4 is 9.47 Å². The van der Waals surface area contributed by atoms with Crippen LogP contribution in [0.1, 0.15) is 28.8 Å². The van der Waals surface area contributed by atoms with Crippen molar-refractivity contribution >= 4 is 17.5 Å². The molecule has 0 bridgehead atoms. The second-order valence-electron chi connectivity index (χ2n) is 8.52. The highest BCUT2D eigenvalue weighted by Crippen LogP contribution is 2.39. The highest BCUT2D eigenvalue weighted by atomic mass is 35.5. The van der Waals surface area contributed by atoms with Gasteiger partial charge in [0.1, 0.15) is 5.69 Å². The summed E-state index contributed by atoms with van der Waals surface area (Å²) in [5.41, 5.74) is 3.06. The molecule has 178 valence electrons. The zero-order chi connectivity index (χ0) is 24.4. The van der Waals surface area contributed by atoms with E-state index in [4.69, 9.17) is 26.2 Å². The summed E-state index contributed by atoms with van der Waals surface area (Å²) in [7, 11) is 3.46. The van der Waals surface area contributed by atoms with E-state index in [0.29, 0.717) is 34.5 Å². The molecule has 5 rings (SSSR count). The Balaban J connectivity index is 1.59. The van der Waals surface area contributed by atoms with E-state index < -0.39 is 0 Å². The van der Waals surface area contributed by atoms with Crippen molar-refractivity contribution in [2.45, 2.75) is 25.4 Å². The molecule has 1 aliphatic carbocycles. The number of aryl methyl sites for hydroxylation is 1. The van der Waals surface area contributed by atoms with Crippen LogP contribution in [-0.4, -0.2) is 33.7 Å². The number of hydrogen-bond acceptors (Lipinski definition) is 4. The number of carbonyl (C=O) groups is 1. The first-order chi connectivity index (χ1) is 17.1. The monoisotopic (exact) mass is 487 g/mol. The van der Waals surface area contributed by atoms with Crippen LogP contribution in [0, 0.1) is 0 Å². The van der Waals surface area contributed by atoms with Gasteiger partial charge >= 0.3 is 0 Å². The van der Waals surface area contributed by atoms with Gasteiger partial charge in [-0.2, -0.15) is 5.10 Å². The molecule has 35 heavy (non-hydrogen) atoms. The third-order valence-electron chi connectivity index (χ3n) is 6.09. The molecule has 4 aromatic rings. The summed E-state index contributed by atoms with van der Waals surface area (Å²) in [6.45, 7) is 0.345. The number of benzene rings is 3. The van der Waals surface area contributed by atoms with E-state index >= 15 is 0 Å². The highest BCUT2D eigenvalue weighted by Gasteiger charge is 2.36. The molecule has 3 aromatic carbocycles. The highest BCUT2D eigenvalue weighted by molar-refractivity contribution is 6.33. The van der Waals surface area contributed by atoms with Crippen LogP contribution in [0.15, 0.2) is 78.9 Å². The maximum atomic E-state index is 13.6. The first-order valence-electron chi connectivity index (χ1n) is 11.5. The summed E-state index contributed by atoms with van der Waals surface area (Å²) >= 11 is 6.39. The number of carbonyl (C=O) groups excluding carboxylic acids is 1. The molecule has 1 saturated carbocycles. The number of amides is 1. The summed E-state index contributed by atoms with van der Waals surface area (Å²) in [5, 5.41) is 5.25. The minimum Gasteiger partial charge on any atom is -0.493 e. The number of methoxy groups -OCH3 is 1. The molecule has 0 aliphatic heterocycles. The fraction of sp³-hybridized carbons (Fsp3) is 0.214. The van der Waals surface area contributed by atoms with Crippen molar-refractivity contribution in [1.82, 2.24) is 14.7 Å². The smallest absolute Gasteiger partial charge is 0.255 e. The Kier molecular flexibility index (Phi) is 6.47. The van der Waals surface area contributed by atoms with Crippen LogP contribution in [-0.2, 0) is 13.6 Å². The summed E-state index contributed by atoms with van der Waals surface area (Å²) in [6, 6.07) is 24.8. The zero-order valence-corrected chi connectivity index (χ0v) is 20.4. The molecular formula is C28H26ClN3O3. The Bertz CT molecular complexity index is 1350. The van der Waals surface area contributed by atoms with E-state index in [1.54, 1.807) is 23.9 Å². The van der Waals surface area contributed by atoms with Crippen molar-refractivity contribution in [3.05, 3.63) is 95.0 Å². The van der Waals surface area contributed by atoms with Crippen LogP contribution in [0.25, 0.3) is 11.3 Å². The Labute approximate surface area is 209 Å². The largest absolute Gasteiger partial charge is 0.493 e. The van der Waals surface area contributed by atoms with Crippen molar-refractivity contribution in [3.8, 4) is 28.6 Å². The van der Waals surface area contributed by atoms with Crippen LogP contribution >= 0.6 is 11.6 Å². The van der Waals surface area contributed by atoms with Crippen LogP contribution in [0.5, 0.6) is 17.4 Å². The van der Waals surface area contributed by atoms with Gasteiger partial charge in [0, 0.05) is 18.7 Å². The van der Waals surface area contributed by atoms with E-state index in [0.717, 1.165) is 29.7 Å². The number of halogens is 1. The minimum atomic E-state index is -0.0933. The van der Waals surface area contributed by atoms with Crippen molar-refractivity contribution < 1.29 is 14.3 Å². The minimum absolute atomic E-state index is 0.0933.